The minimum absolute atomic E-state index is 0.141. The molecule has 1 saturated carbocycles. The number of nitrogens with one attached hydrogen (secondary N) is 1. The number of methoxy groups -OCH3 is 1. The van der Waals surface area contributed by atoms with Crippen LogP contribution in [0.4, 0.5) is 5.69 Å². The normalized spacial score (nSPS) is 16.7. The highest BCUT2D eigenvalue weighted by Crippen LogP contribution is 2.45. The lowest BCUT2D eigenvalue weighted by atomic mass is 10.1. The second kappa shape index (κ2) is 4.57. The van der Waals surface area contributed by atoms with Gasteiger partial charge in [0.25, 0.3) is 0 Å². The lowest BCUT2D eigenvalue weighted by Gasteiger charge is -2.16. The van der Waals surface area contributed by atoms with Gasteiger partial charge < -0.3 is 15.2 Å². The van der Waals surface area contributed by atoms with Gasteiger partial charge in [-0.15, -0.1) is 0 Å². The summed E-state index contributed by atoms with van der Waals surface area (Å²) in [6.07, 6.45) is 2.26. The van der Waals surface area contributed by atoms with Crippen molar-refractivity contribution in [2.75, 3.05) is 25.6 Å². The van der Waals surface area contributed by atoms with Gasteiger partial charge in [-0.3, -0.25) is 0 Å². The second-order valence-electron chi connectivity index (χ2n) is 5.15. The highest BCUT2D eigenvalue weighted by atomic mass is 16.5. The molecule has 0 aliphatic heterocycles. The maximum atomic E-state index is 9.27. The topological polar surface area (TPSA) is 41.5 Å². The number of aliphatic hydroxyl groups is 1. The quantitative estimate of drug-likeness (QED) is 0.824. The molecular weight excluding hydrogens is 214 g/mol. The molecule has 0 atom stereocenters. The molecule has 0 heterocycles. The molecule has 0 radical (unpaired) electrons. The van der Waals surface area contributed by atoms with Crippen LogP contribution in [0.2, 0.25) is 0 Å². The Hall–Kier alpha value is -1.22. The fraction of sp³-hybridized carbons (Fsp3) is 0.571. The summed E-state index contributed by atoms with van der Waals surface area (Å²) in [7, 11) is 1.70. The van der Waals surface area contributed by atoms with E-state index in [-0.39, 0.29) is 12.0 Å². The van der Waals surface area contributed by atoms with E-state index in [2.05, 4.69) is 31.3 Å². The molecule has 17 heavy (non-hydrogen) atoms. The van der Waals surface area contributed by atoms with Crippen molar-refractivity contribution in [1.29, 1.82) is 0 Å². The van der Waals surface area contributed by atoms with Crippen molar-refractivity contribution in [2.45, 2.75) is 26.7 Å². The van der Waals surface area contributed by atoms with E-state index in [4.69, 9.17) is 4.74 Å². The van der Waals surface area contributed by atoms with Crippen LogP contribution in [0.15, 0.2) is 12.1 Å². The summed E-state index contributed by atoms with van der Waals surface area (Å²) in [6, 6.07) is 4.19. The summed E-state index contributed by atoms with van der Waals surface area (Å²) in [5, 5.41) is 12.7. The first-order chi connectivity index (χ1) is 8.10. The number of benzene rings is 1. The lowest BCUT2D eigenvalue weighted by Crippen LogP contribution is -2.19. The summed E-state index contributed by atoms with van der Waals surface area (Å²) in [4.78, 5) is 0. The third-order valence-corrected chi connectivity index (χ3v) is 3.62. The Labute approximate surface area is 103 Å². The van der Waals surface area contributed by atoms with Crippen LogP contribution in [0.3, 0.4) is 0 Å². The molecule has 1 aromatic rings. The summed E-state index contributed by atoms with van der Waals surface area (Å²) in [5.41, 5.74) is 3.54. The molecule has 3 heteroatoms. The van der Waals surface area contributed by atoms with E-state index < -0.39 is 0 Å². The Morgan fingerprint density at radius 1 is 1.29 bits per heavy atom. The van der Waals surface area contributed by atoms with E-state index in [0.717, 1.165) is 42.0 Å². The summed E-state index contributed by atoms with van der Waals surface area (Å²) >= 11 is 0. The van der Waals surface area contributed by atoms with Crippen LogP contribution in [0.25, 0.3) is 0 Å². The maximum absolute atomic E-state index is 9.27. The van der Waals surface area contributed by atoms with Crippen LogP contribution in [0.5, 0.6) is 5.75 Å². The predicted octanol–water partition coefficient (Wildman–Crippen LogP) is 2.50. The fourth-order valence-corrected chi connectivity index (χ4v) is 2.23. The lowest BCUT2D eigenvalue weighted by molar-refractivity contribution is 0.220. The Morgan fingerprint density at radius 3 is 2.29 bits per heavy atom. The van der Waals surface area contributed by atoms with Crippen molar-refractivity contribution in [3.63, 3.8) is 0 Å². The van der Waals surface area contributed by atoms with Gasteiger partial charge in [0.05, 0.1) is 13.7 Å². The van der Waals surface area contributed by atoms with Crippen LogP contribution in [0, 0.1) is 19.3 Å². The number of aryl methyl sites for hydroxylation is 2. The molecule has 2 N–H and O–H groups in total. The third kappa shape index (κ3) is 2.55. The van der Waals surface area contributed by atoms with E-state index in [1.807, 2.05) is 0 Å². The van der Waals surface area contributed by atoms with Crippen LogP contribution >= 0.6 is 0 Å². The molecular formula is C14H21NO2. The molecule has 1 aliphatic carbocycles. The Balaban J connectivity index is 2.07. The molecule has 1 fully saturated rings. The van der Waals surface area contributed by atoms with Crippen LogP contribution in [-0.4, -0.2) is 25.4 Å². The Kier molecular flexibility index (Phi) is 3.29. The minimum Gasteiger partial charge on any atom is -0.496 e. The van der Waals surface area contributed by atoms with Gasteiger partial charge >= 0.3 is 0 Å². The Bertz CT molecular complexity index is 388. The zero-order chi connectivity index (χ0) is 12.5. The predicted molar refractivity (Wildman–Crippen MR) is 69.7 cm³/mol. The van der Waals surface area contributed by atoms with E-state index in [1.54, 1.807) is 7.11 Å². The van der Waals surface area contributed by atoms with E-state index in [9.17, 15) is 5.11 Å². The van der Waals surface area contributed by atoms with Crippen molar-refractivity contribution >= 4 is 5.69 Å². The average molecular weight is 235 g/mol. The molecule has 1 aromatic carbocycles. The highest BCUT2D eigenvalue weighted by Gasteiger charge is 2.41. The van der Waals surface area contributed by atoms with Crippen molar-refractivity contribution in [3.05, 3.63) is 23.3 Å². The molecule has 3 nitrogen and oxygen atoms in total. The molecule has 0 saturated heterocycles. The smallest absolute Gasteiger partial charge is 0.124 e. The van der Waals surface area contributed by atoms with Gasteiger partial charge in [0, 0.05) is 17.6 Å². The molecule has 0 bridgehead atoms. The van der Waals surface area contributed by atoms with E-state index in [1.165, 1.54) is 0 Å². The fourth-order valence-electron chi connectivity index (χ4n) is 2.23. The number of ether oxygens (including phenoxy) is 1. The summed E-state index contributed by atoms with van der Waals surface area (Å²) in [5.74, 6) is 0.957. The van der Waals surface area contributed by atoms with Crippen LogP contribution in [-0.2, 0) is 0 Å². The molecule has 1 aliphatic rings. The Morgan fingerprint density at radius 2 is 1.88 bits per heavy atom. The van der Waals surface area contributed by atoms with Gasteiger partial charge in [0.15, 0.2) is 0 Å². The first kappa shape index (κ1) is 12.2. The number of anilines is 1. The summed E-state index contributed by atoms with van der Waals surface area (Å²) in [6.45, 7) is 5.24. The first-order valence-corrected chi connectivity index (χ1v) is 6.10. The van der Waals surface area contributed by atoms with Gasteiger partial charge in [-0.05, 0) is 49.9 Å². The van der Waals surface area contributed by atoms with Gasteiger partial charge in [0.1, 0.15) is 5.75 Å². The molecule has 0 unspecified atom stereocenters. The molecule has 94 valence electrons. The molecule has 0 spiro atoms. The van der Waals surface area contributed by atoms with Gasteiger partial charge in [-0.2, -0.15) is 0 Å². The largest absolute Gasteiger partial charge is 0.496 e. The monoisotopic (exact) mass is 235 g/mol. The number of aliphatic hydroxyl groups excluding tert-OH is 1. The third-order valence-electron chi connectivity index (χ3n) is 3.62. The first-order valence-electron chi connectivity index (χ1n) is 6.10. The zero-order valence-corrected chi connectivity index (χ0v) is 10.8. The van der Waals surface area contributed by atoms with Crippen LogP contribution in [0.1, 0.15) is 24.0 Å². The van der Waals surface area contributed by atoms with Crippen molar-refractivity contribution in [3.8, 4) is 5.75 Å². The second-order valence-corrected chi connectivity index (χ2v) is 5.15. The van der Waals surface area contributed by atoms with Gasteiger partial charge in [-0.25, -0.2) is 0 Å². The molecule has 0 amide bonds. The van der Waals surface area contributed by atoms with Crippen molar-refractivity contribution in [1.82, 2.24) is 0 Å². The molecule has 0 aromatic heterocycles. The highest BCUT2D eigenvalue weighted by molar-refractivity contribution is 5.55. The van der Waals surface area contributed by atoms with Crippen molar-refractivity contribution in [2.24, 2.45) is 5.41 Å². The number of rotatable bonds is 5. The summed E-state index contributed by atoms with van der Waals surface area (Å²) < 4.78 is 5.34. The standard InChI is InChI=1S/C14H21NO2/c1-10-6-12(7-11(2)13(10)17-3)15-8-14(9-16)4-5-14/h6-7,15-16H,4-5,8-9H2,1-3H3. The number of hydrogen-bond acceptors (Lipinski definition) is 3. The average Bonchev–Trinajstić information content (AvgIpc) is 3.07. The van der Waals surface area contributed by atoms with Crippen molar-refractivity contribution < 1.29 is 9.84 Å². The maximum Gasteiger partial charge on any atom is 0.124 e. The number of hydrogen-bond donors (Lipinski definition) is 2. The van der Waals surface area contributed by atoms with Gasteiger partial charge in [0.2, 0.25) is 0 Å². The SMILES string of the molecule is COc1c(C)cc(NCC2(CO)CC2)cc1C. The van der Waals surface area contributed by atoms with Crippen LogP contribution < -0.4 is 10.1 Å². The van der Waals surface area contributed by atoms with Gasteiger partial charge in [-0.1, -0.05) is 0 Å². The molecule has 2 rings (SSSR count). The van der Waals surface area contributed by atoms with E-state index >= 15 is 0 Å². The minimum atomic E-state index is 0.141. The zero-order valence-electron chi connectivity index (χ0n) is 10.8. The van der Waals surface area contributed by atoms with E-state index in [0.29, 0.717) is 0 Å².